The van der Waals surface area contributed by atoms with Gasteiger partial charge >= 0.3 is 0 Å². The first-order chi connectivity index (χ1) is 9.19. The minimum absolute atomic E-state index is 0.553. The van der Waals surface area contributed by atoms with Gasteiger partial charge < -0.3 is 9.84 Å². The second-order valence-electron chi connectivity index (χ2n) is 4.59. The van der Waals surface area contributed by atoms with Crippen molar-refractivity contribution in [3.63, 3.8) is 0 Å². The van der Waals surface area contributed by atoms with E-state index in [4.69, 9.17) is 4.74 Å². The first-order valence-electron chi connectivity index (χ1n) is 6.60. The van der Waals surface area contributed by atoms with E-state index < -0.39 is 6.10 Å². The maximum absolute atomic E-state index is 9.38. The molecule has 1 aromatic carbocycles. The van der Waals surface area contributed by atoms with E-state index in [2.05, 4.69) is 24.0 Å². The molecular formula is C16H19NO2. The third-order valence-electron chi connectivity index (χ3n) is 2.88. The second kappa shape index (κ2) is 6.34. The summed E-state index contributed by atoms with van der Waals surface area (Å²) >= 11 is 0. The topological polar surface area (TPSA) is 42.4 Å². The molecule has 1 N–H and O–H groups in total. The highest BCUT2D eigenvalue weighted by molar-refractivity contribution is 5.32. The van der Waals surface area contributed by atoms with Crippen molar-refractivity contribution in [2.45, 2.75) is 32.8 Å². The van der Waals surface area contributed by atoms with Crippen LogP contribution in [-0.2, 0) is 6.42 Å². The Balaban J connectivity index is 2.04. The van der Waals surface area contributed by atoms with Crippen LogP contribution in [-0.4, -0.2) is 10.1 Å². The van der Waals surface area contributed by atoms with Crippen LogP contribution in [0.4, 0.5) is 0 Å². The minimum Gasteiger partial charge on any atom is -0.456 e. The van der Waals surface area contributed by atoms with E-state index in [1.807, 2.05) is 18.2 Å². The van der Waals surface area contributed by atoms with E-state index in [9.17, 15) is 5.11 Å². The van der Waals surface area contributed by atoms with Gasteiger partial charge in [-0.25, -0.2) is 0 Å². The van der Waals surface area contributed by atoms with Gasteiger partial charge in [0, 0.05) is 0 Å². The smallest absolute Gasteiger partial charge is 0.145 e. The van der Waals surface area contributed by atoms with Gasteiger partial charge in [0.15, 0.2) is 0 Å². The number of aromatic nitrogens is 1. The summed E-state index contributed by atoms with van der Waals surface area (Å²) in [6.45, 7) is 3.86. The molecule has 0 bridgehead atoms. The van der Waals surface area contributed by atoms with Crippen LogP contribution in [0.15, 0.2) is 42.6 Å². The Morgan fingerprint density at radius 2 is 1.79 bits per heavy atom. The predicted octanol–water partition coefficient (Wildman–Crippen LogP) is 3.88. The number of aliphatic hydroxyl groups is 1. The average molecular weight is 257 g/mol. The zero-order valence-corrected chi connectivity index (χ0v) is 11.3. The SMILES string of the molecule is CCCc1ccc(Oc2ccc([C@@H](C)O)nc2)cc1. The summed E-state index contributed by atoms with van der Waals surface area (Å²) < 4.78 is 5.70. The van der Waals surface area contributed by atoms with Crippen molar-refractivity contribution in [1.82, 2.24) is 4.98 Å². The van der Waals surface area contributed by atoms with Crippen LogP contribution >= 0.6 is 0 Å². The molecule has 2 rings (SSSR count). The zero-order chi connectivity index (χ0) is 13.7. The summed E-state index contributed by atoms with van der Waals surface area (Å²) in [4.78, 5) is 4.15. The standard InChI is InChI=1S/C16H19NO2/c1-3-4-13-5-7-14(8-6-13)19-15-9-10-16(12(2)18)17-11-15/h5-12,18H,3-4H2,1-2H3/t12-/m1/s1. The molecule has 19 heavy (non-hydrogen) atoms. The van der Waals surface area contributed by atoms with Crippen LogP contribution in [0.2, 0.25) is 0 Å². The largest absolute Gasteiger partial charge is 0.456 e. The first-order valence-corrected chi connectivity index (χ1v) is 6.60. The Kier molecular flexibility index (Phi) is 4.53. The molecule has 1 aromatic heterocycles. The summed E-state index contributed by atoms with van der Waals surface area (Å²) in [5, 5.41) is 9.38. The summed E-state index contributed by atoms with van der Waals surface area (Å²) in [6, 6.07) is 11.7. The molecule has 0 spiro atoms. The molecule has 0 aliphatic rings. The maximum atomic E-state index is 9.38. The van der Waals surface area contributed by atoms with Crippen LogP contribution in [0.1, 0.15) is 37.6 Å². The van der Waals surface area contributed by atoms with E-state index in [0.717, 1.165) is 18.6 Å². The third kappa shape index (κ3) is 3.80. The van der Waals surface area contributed by atoms with Gasteiger partial charge in [0.2, 0.25) is 0 Å². The third-order valence-corrected chi connectivity index (χ3v) is 2.88. The molecule has 2 aromatic rings. The van der Waals surface area contributed by atoms with E-state index in [0.29, 0.717) is 11.4 Å². The lowest BCUT2D eigenvalue weighted by Crippen LogP contribution is -1.95. The van der Waals surface area contributed by atoms with Gasteiger partial charge in [-0.1, -0.05) is 25.5 Å². The van der Waals surface area contributed by atoms with Crippen LogP contribution in [0.25, 0.3) is 0 Å². The molecule has 1 atom stereocenters. The maximum Gasteiger partial charge on any atom is 0.145 e. The van der Waals surface area contributed by atoms with Crippen molar-refractivity contribution in [3.05, 3.63) is 53.9 Å². The summed E-state index contributed by atoms with van der Waals surface area (Å²) in [7, 11) is 0. The second-order valence-corrected chi connectivity index (χ2v) is 4.59. The van der Waals surface area contributed by atoms with Crippen LogP contribution in [0.3, 0.4) is 0 Å². The molecule has 0 aliphatic carbocycles. The Hall–Kier alpha value is -1.87. The molecule has 0 aliphatic heterocycles. The zero-order valence-electron chi connectivity index (χ0n) is 11.3. The fraction of sp³-hybridized carbons (Fsp3) is 0.312. The van der Waals surface area contributed by atoms with Gasteiger partial charge in [-0.15, -0.1) is 0 Å². The van der Waals surface area contributed by atoms with Crippen molar-refractivity contribution in [2.75, 3.05) is 0 Å². The molecule has 0 fully saturated rings. The highest BCUT2D eigenvalue weighted by atomic mass is 16.5. The van der Waals surface area contributed by atoms with Gasteiger partial charge in [0.05, 0.1) is 18.0 Å². The van der Waals surface area contributed by atoms with E-state index >= 15 is 0 Å². The molecule has 0 saturated carbocycles. The number of nitrogens with zero attached hydrogens (tertiary/aromatic N) is 1. The van der Waals surface area contributed by atoms with Gasteiger partial charge in [-0.2, -0.15) is 0 Å². The number of aryl methyl sites for hydroxylation is 1. The molecule has 100 valence electrons. The fourth-order valence-electron chi connectivity index (χ4n) is 1.85. The number of benzene rings is 1. The predicted molar refractivity (Wildman–Crippen MR) is 75.4 cm³/mol. The molecular weight excluding hydrogens is 238 g/mol. The van der Waals surface area contributed by atoms with Crippen molar-refractivity contribution >= 4 is 0 Å². The summed E-state index contributed by atoms with van der Waals surface area (Å²) in [5.41, 5.74) is 1.96. The Labute approximate surface area is 113 Å². The van der Waals surface area contributed by atoms with Gasteiger partial charge in [-0.05, 0) is 43.2 Å². The monoisotopic (exact) mass is 257 g/mol. The number of hydrogen-bond acceptors (Lipinski definition) is 3. The first kappa shape index (κ1) is 13.6. The van der Waals surface area contributed by atoms with Crippen LogP contribution in [0, 0.1) is 0 Å². The Morgan fingerprint density at radius 3 is 2.32 bits per heavy atom. The van der Waals surface area contributed by atoms with E-state index in [1.54, 1.807) is 19.2 Å². The number of ether oxygens (including phenoxy) is 1. The lowest BCUT2D eigenvalue weighted by atomic mass is 10.1. The Bertz CT molecular complexity index is 503. The Morgan fingerprint density at radius 1 is 1.11 bits per heavy atom. The van der Waals surface area contributed by atoms with Crippen LogP contribution < -0.4 is 4.74 Å². The fourth-order valence-corrected chi connectivity index (χ4v) is 1.85. The lowest BCUT2D eigenvalue weighted by Gasteiger charge is -2.08. The highest BCUT2D eigenvalue weighted by Crippen LogP contribution is 2.22. The summed E-state index contributed by atoms with van der Waals surface area (Å²) in [6.07, 6.45) is 3.31. The van der Waals surface area contributed by atoms with Crippen molar-refractivity contribution in [2.24, 2.45) is 0 Å². The van der Waals surface area contributed by atoms with Gasteiger partial charge in [0.25, 0.3) is 0 Å². The van der Waals surface area contributed by atoms with Gasteiger partial charge in [-0.3, -0.25) is 4.98 Å². The molecule has 3 nitrogen and oxygen atoms in total. The number of pyridine rings is 1. The molecule has 0 unspecified atom stereocenters. The molecule has 0 amide bonds. The van der Waals surface area contributed by atoms with E-state index in [-0.39, 0.29) is 0 Å². The minimum atomic E-state index is -0.553. The molecule has 1 heterocycles. The van der Waals surface area contributed by atoms with Crippen molar-refractivity contribution in [3.8, 4) is 11.5 Å². The number of hydrogen-bond donors (Lipinski definition) is 1. The molecule has 0 radical (unpaired) electrons. The molecule has 0 saturated heterocycles. The number of rotatable bonds is 5. The summed E-state index contributed by atoms with van der Waals surface area (Å²) in [5.74, 6) is 1.47. The highest BCUT2D eigenvalue weighted by Gasteiger charge is 2.03. The number of aliphatic hydroxyl groups excluding tert-OH is 1. The van der Waals surface area contributed by atoms with Crippen molar-refractivity contribution < 1.29 is 9.84 Å². The average Bonchev–Trinajstić information content (AvgIpc) is 2.42. The van der Waals surface area contributed by atoms with Crippen molar-refractivity contribution in [1.29, 1.82) is 0 Å². The normalized spacial score (nSPS) is 12.2. The van der Waals surface area contributed by atoms with Gasteiger partial charge in [0.1, 0.15) is 11.5 Å². The lowest BCUT2D eigenvalue weighted by molar-refractivity contribution is 0.194. The van der Waals surface area contributed by atoms with E-state index in [1.165, 1.54) is 5.56 Å². The van der Waals surface area contributed by atoms with Crippen LogP contribution in [0.5, 0.6) is 11.5 Å². The molecule has 3 heteroatoms. The quantitative estimate of drug-likeness (QED) is 0.883.